The van der Waals surface area contributed by atoms with E-state index in [1.54, 1.807) is 0 Å². The van der Waals surface area contributed by atoms with E-state index < -0.39 is 0 Å². The lowest BCUT2D eigenvalue weighted by molar-refractivity contribution is 0.321. The minimum absolute atomic E-state index is 0.226. The molecule has 0 atom stereocenters. The van der Waals surface area contributed by atoms with Crippen molar-refractivity contribution in [2.24, 2.45) is 5.41 Å². The van der Waals surface area contributed by atoms with Crippen LogP contribution in [0.2, 0.25) is 0 Å². The summed E-state index contributed by atoms with van der Waals surface area (Å²) in [6.45, 7) is 11.4. The van der Waals surface area contributed by atoms with Crippen molar-refractivity contribution in [3.05, 3.63) is 48.0 Å². The highest BCUT2D eigenvalue weighted by Gasteiger charge is 2.28. The summed E-state index contributed by atoms with van der Waals surface area (Å²) in [4.78, 5) is 0. The molecule has 1 aromatic rings. The summed E-state index contributed by atoms with van der Waals surface area (Å²) in [5.41, 5.74) is 1.91. The van der Waals surface area contributed by atoms with Gasteiger partial charge in [-0.2, -0.15) is 0 Å². The minimum atomic E-state index is 0.226. The van der Waals surface area contributed by atoms with Gasteiger partial charge in [-0.3, -0.25) is 0 Å². The number of benzene rings is 1. The van der Waals surface area contributed by atoms with E-state index in [1.807, 2.05) is 0 Å². The normalized spacial score (nSPS) is 13.3. The van der Waals surface area contributed by atoms with E-state index in [9.17, 15) is 0 Å². The fourth-order valence-electron chi connectivity index (χ4n) is 2.64. The third kappa shape index (κ3) is 3.52. The zero-order chi connectivity index (χ0) is 12.2. The molecule has 0 aromatic heterocycles. The van der Waals surface area contributed by atoms with E-state index in [2.05, 4.69) is 77.1 Å². The van der Waals surface area contributed by atoms with Gasteiger partial charge in [-0.15, -0.1) is 0 Å². The van der Waals surface area contributed by atoms with Crippen molar-refractivity contribution in [2.75, 3.05) is 0 Å². The number of hydrogen-bond donors (Lipinski definition) is 0. The molecule has 0 unspecified atom stereocenters. The average molecular weight is 216 g/mol. The highest BCUT2D eigenvalue weighted by Crippen LogP contribution is 2.37. The minimum Gasteiger partial charge on any atom is -0.0911 e. The number of hydrogen-bond acceptors (Lipinski definition) is 0. The molecule has 0 heterocycles. The number of allylic oxidation sites excluding steroid dienone is 2. The molecule has 0 aliphatic heterocycles. The molecule has 0 radical (unpaired) electrons. The van der Waals surface area contributed by atoms with Gasteiger partial charge in [0.1, 0.15) is 0 Å². The van der Waals surface area contributed by atoms with Crippen LogP contribution in [0.5, 0.6) is 0 Å². The van der Waals surface area contributed by atoms with Crippen LogP contribution in [0.15, 0.2) is 42.5 Å². The molecule has 0 saturated heterocycles. The summed E-state index contributed by atoms with van der Waals surface area (Å²) >= 11 is 0. The van der Waals surface area contributed by atoms with Crippen molar-refractivity contribution in [2.45, 2.75) is 46.5 Å². The standard InChI is InChI=1S/C16H24/c1-6-12-15(2,3)13-16(4,5)14-10-8-7-9-11-14/h6-12H,13H2,1-5H3/b12-6+. The SMILES string of the molecule is C/C=C/C(C)(C)CC(C)(C)c1ccccc1. The second-order valence-corrected chi connectivity index (χ2v) is 5.92. The molecule has 1 rings (SSSR count). The molecule has 0 spiro atoms. The van der Waals surface area contributed by atoms with Gasteiger partial charge in [0.25, 0.3) is 0 Å². The zero-order valence-electron chi connectivity index (χ0n) is 11.2. The fraction of sp³-hybridized carbons (Fsp3) is 0.500. The Morgan fingerprint density at radius 3 is 2.06 bits per heavy atom. The Kier molecular flexibility index (Phi) is 3.96. The largest absolute Gasteiger partial charge is 0.0911 e. The second-order valence-electron chi connectivity index (χ2n) is 5.92. The van der Waals surface area contributed by atoms with E-state index in [-0.39, 0.29) is 10.8 Å². The first-order valence-corrected chi connectivity index (χ1v) is 6.07. The third-order valence-corrected chi connectivity index (χ3v) is 3.07. The molecule has 0 N–H and O–H groups in total. The van der Waals surface area contributed by atoms with Gasteiger partial charge in [0.2, 0.25) is 0 Å². The average Bonchev–Trinajstić information content (AvgIpc) is 2.17. The fourth-order valence-corrected chi connectivity index (χ4v) is 2.64. The van der Waals surface area contributed by atoms with Crippen LogP contribution in [0.4, 0.5) is 0 Å². The van der Waals surface area contributed by atoms with Crippen LogP contribution in [-0.2, 0) is 5.41 Å². The topological polar surface area (TPSA) is 0 Å². The van der Waals surface area contributed by atoms with Crippen LogP contribution < -0.4 is 0 Å². The summed E-state index contributed by atoms with van der Waals surface area (Å²) in [5, 5.41) is 0. The first-order valence-electron chi connectivity index (χ1n) is 6.07. The van der Waals surface area contributed by atoms with Crippen LogP contribution in [0.1, 0.15) is 46.6 Å². The lowest BCUT2D eigenvalue weighted by Crippen LogP contribution is -2.25. The monoisotopic (exact) mass is 216 g/mol. The molecule has 0 saturated carbocycles. The predicted molar refractivity (Wildman–Crippen MR) is 72.7 cm³/mol. The van der Waals surface area contributed by atoms with Crippen LogP contribution in [0.25, 0.3) is 0 Å². The lowest BCUT2D eigenvalue weighted by Gasteiger charge is -2.33. The summed E-state index contributed by atoms with van der Waals surface area (Å²) in [5.74, 6) is 0. The molecule has 0 aliphatic carbocycles. The van der Waals surface area contributed by atoms with Crippen molar-refractivity contribution >= 4 is 0 Å². The summed E-state index contributed by atoms with van der Waals surface area (Å²) in [6, 6.07) is 10.8. The Balaban J connectivity index is 2.88. The Morgan fingerprint density at radius 2 is 1.56 bits per heavy atom. The van der Waals surface area contributed by atoms with Crippen molar-refractivity contribution < 1.29 is 0 Å². The first kappa shape index (κ1) is 13.0. The van der Waals surface area contributed by atoms with Gasteiger partial charge in [0, 0.05) is 0 Å². The summed E-state index contributed by atoms with van der Waals surface area (Å²) < 4.78 is 0. The maximum absolute atomic E-state index is 2.33. The highest BCUT2D eigenvalue weighted by atomic mass is 14.3. The zero-order valence-corrected chi connectivity index (χ0v) is 11.2. The Hall–Kier alpha value is -1.04. The van der Waals surface area contributed by atoms with E-state index >= 15 is 0 Å². The summed E-state index contributed by atoms with van der Waals surface area (Å²) in [7, 11) is 0. The molecule has 0 bridgehead atoms. The molecule has 1 aromatic carbocycles. The first-order chi connectivity index (χ1) is 7.37. The molecular formula is C16H24. The van der Waals surface area contributed by atoms with Gasteiger partial charge in [-0.1, -0.05) is 70.2 Å². The molecule has 0 heteroatoms. The van der Waals surface area contributed by atoms with E-state index in [1.165, 1.54) is 5.56 Å². The maximum Gasteiger partial charge on any atom is -0.00955 e. The quantitative estimate of drug-likeness (QED) is 0.624. The van der Waals surface area contributed by atoms with E-state index in [4.69, 9.17) is 0 Å². The van der Waals surface area contributed by atoms with Crippen molar-refractivity contribution in [3.63, 3.8) is 0 Å². The van der Waals surface area contributed by atoms with Crippen molar-refractivity contribution in [1.82, 2.24) is 0 Å². The molecule has 0 nitrogen and oxygen atoms in total. The third-order valence-electron chi connectivity index (χ3n) is 3.07. The molecule has 16 heavy (non-hydrogen) atoms. The molecule has 0 amide bonds. The van der Waals surface area contributed by atoms with Crippen molar-refractivity contribution in [1.29, 1.82) is 0 Å². The van der Waals surface area contributed by atoms with Gasteiger partial charge in [0.15, 0.2) is 0 Å². The summed E-state index contributed by atoms with van der Waals surface area (Å²) in [6.07, 6.45) is 5.62. The Morgan fingerprint density at radius 1 is 1.00 bits per heavy atom. The van der Waals surface area contributed by atoms with E-state index in [0.29, 0.717) is 0 Å². The Bertz CT molecular complexity index is 342. The highest BCUT2D eigenvalue weighted by molar-refractivity contribution is 5.24. The smallest absolute Gasteiger partial charge is 0.00955 e. The van der Waals surface area contributed by atoms with Crippen LogP contribution in [0.3, 0.4) is 0 Å². The van der Waals surface area contributed by atoms with Crippen LogP contribution >= 0.6 is 0 Å². The van der Waals surface area contributed by atoms with Gasteiger partial charge < -0.3 is 0 Å². The van der Waals surface area contributed by atoms with Crippen molar-refractivity contribution in [3.8, 4) is 0 Å². The number of rotatable bonds is 4. The second kappa shape index (κ2) is 4.86. The maximum atomic E-state index is 2.33. The molecular weight excluding hydrogens is 192 g/mol. The van der Waals surface area contributed by atoms with Gasteiger partial charge in [-0.05, 0) is 29.7 Å². The van der Waals surface area contributed by atoms with Gasteiger partial charge in [-0.25, -0.2) is 0 Å². The molecule has 0 fully saturated rings. The van der Waals surface area contributed by atoms with Crippen LogP contribution in [-0.4, -0.2) is 0 Å². The van der Waals surface area contributed by atoms with E-state index in [0.717, 1.165) is 6.42 Å². The lowest BCUT2D eigenvalue weighted by atomic mass is 9.71. The predicted octanol–water partition coefficient (Wildman–Crippen LogP) is 4.96. The van der Waals surface area contributed by atoms with Gasteiger partial charge >= 0.3 is 0 Å². The Labute approximate surface area is 100 Å². The van der Waals surface area contributed by atoms with Crippen LogP contribution in [0, 0.1) is 5.41 Å². The molecule has 88 valence electrons. The molecule has 0 aliphatic rings. The van der Waals surface area contributed by atoms with Gasteiger partial charge in [0.05, 0.1) is 0 Å².